The van der Waals surface area contributed by atoms with Crippen molar-refractivity contribution < 1.29 is 0 Å². The second kappa shape index (κ2) is 1.78. The summed E-state index contributed by atoms with van der Waals surface area (Å²) >= 11 is 0. The van der Waals surface area contributed by atoms with Gasteiger partial charge in [0.05, 0.1) is 0 Å². The summed E-state index contributed by atoms with van der Waals surface area (Å²) in [5, 5.41) is 0. The van der Waals surface area contributed by atoms with Gasteiger partial charge in [0, 0.05) is 0 Å². The third kappa shape index (κ3) is 0.681. The quantitative estimate of drug-likeness (QED) is 0.522. The van der Waals surface area contributed by atoms with Crippen LogP contribution in [0.3, 0.4) is 0 Å². The van der Waals surface area contributed by atoms with Crippen LogP contribution in [-0.2, 0) is 0 Å². The Morgan fingerprint density at radius 2 is 2.10 bits per heavy atom. The molecule has 0 spiro atoms. The Hall–Kier alpha value is 0. The maximum absolute atomic E-state index is 2.50. The SMILES string of the molecule is CC(C)C1(C)CCC2CC21. The van der Waals surface area contributed by atoms with E-state index in [4.69, 9.17) is 0 Å². The van der Waals surface area contributed by atoms with E-state index >= 15 is 0 Å². The maximum Gasteiger partial charge on any atom is -0.0272 e. The molecule has 3 atom stereocenters. The van der Waals surface area contributed by atoms with Crippen LogP contribution in [0.4, 0.5) is 0 Å². The summed E-state index contributed by atoms with van der Waals surface area (Å²) in [5.74, 6) is 3.17. The summed E-state index contributed by atoms with van der Waals surface area (Å²) in [5.41, 5.74) is 0.727. The van der Waals surface area contributed by atoms with Crippen molar-refractivity contribution in [2.24, 2.45) is 23.2 Å². The minimum atomic E-state index is 0.727. The van der Waals surface area contributed by atoms with Crippen molar-refractivity contribution >= 4 is 0 Å². The Kier molecular flexibility index (Phi) is 1.19. The van der Waals surface area contributed by atoms with E-state index in [1.807, 2.05) is 0 Å². The van der Waals surface area contributed by atoms with Crippen LogP contribution in [0.15, 0.2) is 0 Å². The first-order valence-corrected chi connectivity index (χ1v) is 4.64. The predicted octanol–water partition coefficient (Wildman–Crippen LogP) is 3.08. The van der Waals surface area contributed by atoms with Crippen molar-refractivity contribution in [2.75, 3.05) is 0 Å². The Labute approximate surface area is 64.0 Å². The van der Waals surface area contributed by atoms with E-state index in [2.05, 4.69) is 20.8 Å². The molecule has 0 radical (unpaired) electrons. The summed E-state index contributed by atoms with van der Waals surface area (Å²) in [6.45, 7) is 7.27. The van der Waals surface area contributed by atoms with Gasteiger partial charge in [0.15, 0.2) is 0 Å². The van der Waals surface area contributed by atoms with Gasteiger partial charge in [-0.15, -0.1) is 0 Å². The number of fused-ring (bicyclic) bond motifs is 1. The molecule has 0 aromatic carbocycles. The minimum absolute atomic E-state index is 0.727. The Morgan fingerprint density at radius 1 is 1.40 bits per heavy atom. The zero-order chi connectivity index (χ0) is 7.35. The fourth-order valence-corrected chi connectivity index (χ4v) is 2.77. The van der Waals surface area contributed by atoms with Crippen LogP contribution in [-0.4, -0.2) is 0 Å². The van der Waals surface area contributed by atoms with Crippen molar-refractivity contribution in [3.63, 3.8) is 0 Å². The molecule has 0 bridgehead atoms. The lowest BCUT2D eigenvalue weighted by molar-refractivity contribution is 0.189. The number of rotatable bonds is 1. The van der Waals surface area contributed by atoms with E-state index in [0.29, 0.717) is 0 Å². The van der Waals surface area contributed by atoms with Gasteiger partial charge in [-0.25, -0.2) is 0 Å². The lowest BCUT2D eigenvalue weighted by Gasteiger charge is -2.30. The van der Waals surface area contributed by atoms with E-state index in [9.17, 15) is 0 Å². The topological polar surface area (TPSA) is 0 Å². The summed E-state index contributed by atoms with van der Waals surface area (Å²) < 4.78 is 0. The van der Waals surface area contributed by atoms with Crippen molar-refractivity contribution in [3.8, 4) is 0 Å². The lowest BCUT2D eigenvalue weighted by atomic mass is 9.75. The van der Waals surface area contributed by atoms with Crippen molar-refractivity contribution in [2.45, 2.75) is 40.0 Å². The maximum atomic E-state index is 2.50. The molecule has 0 amide bonds. The summed E-state index contributed by atoms with van der Waals surface area (Å²) in [4.78, 5) is 0. The van der Waals surface area contributed by atoms with Crippen LogP contribution in [0, 0.1) is 23.2 Å². The molecule has 0 aromatic heterocycles. The molecular formula is C10H18. The Morgan fingerprint density at radius 3 is 2.30 bits per heavy atom. The number of hydrogen-bond donors (Lipinski definition) is 0. The molecule has 0 nitrogen and oxygen atoms in total. The van der Waals surface area contributed by atoms with Crippen molar-refractivity contribution in [1.82, 2.24) is 0 Å². The van der Waals surface area contributed by atoms with Crippen LogP contribution >= 0.6 is 0 Å². The molecule has 2 aliphatic carbocycles. The third-order valence-corrected chi connectivity index (χ3v) is 4.14. The fourth-order valence-electron chi connectivity index (χ4n) is 2.77. The van der Waals surface area contributed by atoms with Gasteiger partial charge >= 0.3 is 0 Å². The highest BCUT2D eigenvalue weighted by atomic mass is 14.6. The number of hydrogen-bond acceptors (Lipinski definition) is 0. The summed E-state index contributed by atoms with van der Waals surface area (Å²) in [6, 6.07) is 0. The first-order valence-electron chi connectivity index (χ1n) is 4.64. The molecular weight excluding hydrogens is 120 g/mol. The van der Waals surface area contributed by atoms with E-state index < -0.39 is 0 Å². The average molecular weight is 138 g/mol. The lowest BCUT2D eigenvalue weighted by Crippen LogP contribution is -2.22. The fraction of sp³-hybridized carbons (Fsp3) is 1.00. The van der Waals surface area contributed by atoms with Gasteiger partial charge in [-0.05, 0) is 42.4 Å². The van der Waals surface area contributed by atoms with Gasteiger partial charge in [0.25, 0.3) is 0 Å². The predicted molar refractivity (Wildman–Crippen MR) is 43.8 cm³/mol. The molecule has 0 heteroatoms. The smallest absolute Gasteiger partial charge is 0.0272 e. The normalized spacial score (nSPS) is 51.6. The van der Waals surface area contributed by atoms with E-state index in [1.165, 1.54) is 12.8 Å². The average Bonchev–Trinajstić information content (AvgIpc) is 2.56. The van der Waals surface area contributed by atoms with Gasteiger partial charge in [-0.3, -0.25) is 0 Å². The molecule has 2 saturated carbocycles. The molecule has 10 heavy (non-hydrogen) atoms. The zero-order valence-electron chi connectivity index (χ0n) is 7.35. The third-order valence-electron chi connectivity index (χ3n) is 4.14. The Balaban J connectivity index is 2.14. The molecule has 0 saturated heterocycles. The molecule has 0 heterocycles. The van der Waals surface area contributed by atoms with Crippen LogP contribution in [0.2, 0.25) is 0 Å². The molecule has 2 fully saturated rings. The first-order chi connectivity index (χ1) is 4.64. The van der Waals surface area contributed by atoms with Gasteiger partial charge in [-0.1, -0.05) is 20.8 Å². The second-order valence-corrected chi connectivity index (χ2v) is 4.80. The van der Waals surface area contributed by atoms with Crippen LogP contribution < -0.4 is 0 Å². The van der Waals surface area contributed by atoms with Crippen LogP contribution in [0.1, 0.15) is 40.0 Å². The second-order valence-electron chi connectivity index (χ2n) is 4.80. The van der Waals surface area contributed by atoms with Crippen LogP contribution in [0.5, 0.6) is 0 Å². The molecule has 2 aliphatic rings. The van der Waals surface area contributed by atoms with Gasteiger partial charge in [-0.2, -0.15) is 0 Å². The highest BCUT2D eigenvalue weighted by Gasteiger charge is 2.55. The van der Waals surface area contributed by atoms with Crippen molar-refractivity contribution in [3.05, 3.63) is 0 Å². The Bertz CT molecular complexity index is 148. The van der Waals surface area contributed by atoms with Gasteiger partial charge < -0.3 is 0 Å². The van der Waals surface area contributed by atoms with Gasteiger partial charge in [0.2, 0.25) is 0 Å². The molecule has 3 unspecified atom stereocenters. The molecule has 0 aromatic rings. The molecule has 58 valence electrons. The largest absolute Gasteiger partial charge is 0.0622 e. The highest BCUT2D eigenvalue weighted by molar-refractivity contribution is 5.05. The minimum Gasteiger partial charge on any atom is -0.0622 e. The van der Waals surface area contributed by atoms with E-state index in [0.717, 1.165) is 23.2 Å². The molecule has 0 aliphatic heterocycles. The highest BCUT2D eigenvalue weighted by Crippen LogP contribution is 2.64. The van der Waals surface area contributed by atoms with Crippen LogP contribution in [0.25, 0.3) is 0 Å². The van der Waals surface area contributed by atoms with E-state index in [1.54, 1.807) is 6.42 Å². The summed E-state index contributed by atoms with van der Waals surface area (Å²) in [6.07, 6.45) is 4.58. The molecule has 0 N–H and O–H groups in total. The van der Waals surface area contributed by atoms with Crippen molar-refractivity contribution in [1.29, 1.82) is 0 Å². The van der Waals surface area contributed by atoms with E-state index in [-0.39, 0.29) is 0 Å². The first kappa shape index (κ1) is 6.69. The monoisotopic (exact) mass is 138 g/mol. The standard InChI is InChI=1S/C10H18/c1-7(2)10(3)5-4-8-6-9(8)10/h7-9H,4-6H2,1-3H3. The van der Waals surface area contributed by atoms with Gasteiger partial charge in [0.1, 0.15) is 0 Å². The molecule has 2 rings (SSSR count). The zero-order valence-corrected chi connectivity index (χ0v) is 7.35. The summed E-state index contributed by atoms with van der Waals surface area (Å²) in [7, 11) is 0.